The first-order chi connectivity index (χ1) is 11.0. The lowest BCUT2D eigenvalue weighted by molar-refractivity contribution is -0.123. The summed E-state index contributed by atoms with van der Waals surface area (Å²) in [5.41, 5.74) is 11.8. The lowest BCUT2D eigenvalue weighted by Gasteiger charge is -2.36. The number of hydrogen-bond donors (Lipinski definition) is 2. The second kappa shape index (κ2) is 4.96. The van der Waals surface area contributed by atoms with Crippen molar-refractivity contribution in [2.45, 2.75) is 31.1 Å². The van der Waals surface area contributed by atoms with Crippen LogP contribution < -0.4 is 11.1 Å². The van der Waals surface area contributed by atoms with Gasteiger partial charge in [0.15, 0.2) is 0 Å². The van der Waals surface area contributed by atoms with Gasteiger partial charge in [-0.2, -0.15) is 0 Å². The number of fused-ring (bicyclic) bond motifs is 2. The zero-order valence-corrected chi connectivity index (χ0v) is 13.6. The zero-order chi connectivity index (χ0) is 16.2. The number of rotatable bonds is 2. The number of benzene rings is 1. The fraction of sp³-hybridized carbons (Fsp3) is 0.421. The predicted octanol–water partition coefficient (Wildman–Crippen LogP) is 2.92. The maximum Gasteiger partial charge on any atom is 0.235 e. The molecule has 0 atom stereocenters. The minimum Gasteiger partial charge on any atom is -0.399 e. The maximum absolute atomic E-state index is 12.5. The summed E-state index contributed by atoms with van der Waals surface area (Å²) in [6.07, 6.45) is 6.24. The van der Waals surface area contributed by atoms with Gasteiger partial charge >= 0.3 is 0 Å². The molecule has 1 aromatic rings. The number of likely N-dealkylation sites (N-methyl/N-ethyl adjacent to an activating group) is 1. The van der Waals surface area contributed by atoms with Gasteiger partial charge in [-0.3, -0.25) is 4.79 Å². The average molecular weight is 309 g/mol. The SMILES string of the molecule is C=C(C1=CCCN(C)C1)c1cc(N)cc2c1NC(=O)C21CCC1. The van der Waals surface area contributed by atoms with E-state index in [0.29, 0.717) is 5.69 Å². The molecule has 1 aliphatic carbocycles. The van der Waals surface area contributed by atoms with Crippen molar-refractivity contribution in [3.05, 3.63) is 41.5 Å². The second-order valence-electron chi connectivity index (χ2n) is 7.12. The molecule has 23 heavy (non-hydrogen) atoms. The van der Waals surface area contributed by atoms with Crippen molar-refractivity contribution in [2.24, 2.45) is 0 Å². The summed E-state index contributed by atoms with van der Waals surface area (Å²) in [6, 6.07) is 3.93. The number of hydrogen-bond acceptors (Lipinski definition) is 3. The predicted molar refractivity (Wildman–Crippen MR) is 94.2 cm³/mol. The van der Waals surface area contributed by atoms with Crippen LogP contribution in [0.25, 0.3) is 5.57 Å². The molecular formula is C19H23N3O. The van der Waals surface area contributed by atoms with Gasteiger partial charge in [0.05, 0.1) is 11.1 Å². The summed E-state index contributed by atoms with van der Waals surface area (Å²) in [5.74, 6) is 0.133. The van der Waals surface area contributed by atoms with Crippen LogP contribution in [0.3, 0.4) is 0 Å². The van der Waals surface area contributed by atoms with Gasteiger partial charge in [0.25, 0.3) is 0 Å². The number of anilines is 2. The number of nitrogens with zero attached hydrogens (tertiary/aromatic N) is 1. The number of nitrogens with one attached hydrogen (secondary N) is 1. The van der Waals surface area contributed by atoms with Crippen molar-refractivity contribution in [2.75, 3.05) is 31.2 Å². The molecule has 2 aliphatic heterocycles. The van der Waals surface area contributed by atoms with Gasteiger partial charge in [-0.15, -0.1) is 0 Å². The molecule has 0 bridgehead atoms. The standard InChI is InChI=1S/C19H23N3O/c1-12(13-5-3-8-22(2)11-13)15-9-14(20)10-16-17(15)21-18(23)19(16)6-4-7-19/h5,9-10H,1,3-4,6-8,11,20H2,2H3,(H,21,23). The monoisotopic (exact) mass is 309 g/mol. The van der Waals surface area contributed by atoms with E-state index in [-0.39, 0.29) is 11.3 Å². The Kier molecular flexibility index (Phi) is 3.13. The van der Waals surface area contributed by atoms with Gasteiger partial charge in [0, 0.05) is 24.3 Å². The molecule has 0 radical (unpaired) electrons. The minimum absolute atomic E-state index is 0.133. The first-order valence-electron chi connectivity index (χ1n) is 8.34. The zero-order valence-electron chi connectivity index (χ0n) is 13.6. The van der Waals surface area contributed by atoms with Crippen molar-refractivity contribution in [3.8, 4) is 0 Å². The Morgan fingerprint density at radius 2 is 2.17 bits per heavy atom. The van der Waals surface area contributed by atoms with E-state index in [1.807, 2.05) is 12.1 Å². The van der Waals surface area contributed by atoms with E-state index in [0.717, 1.165) is 61.2 Å². The van der Waals surface area contributed by atoms with E-state index in [1.54, 1.807) is 0 Å². The number of amides is 1. The minimum atomic E-state index is -0.336. The lowest BCUT2D eigenvalue weighted by atomic mass is 9.65. The van der Waals surface area contributed by atoms with Gasteiger partial charge in [0.1, 0.15) is 0 Å². The molecular weight excluding hydrogens is 286 g/mol. The largest absolute Gasteiger partial charge is 0.399 e. The summed E-state index contributed by atoms with van der Waals surface area (Å²) < 4.78 is 0. The summed E-state index contributed by atoms with van der Waals surface area (Å²) in [6.45, 7) is 6.28. The van der Waals surface area contributed by atoms with Crippen molar-refractivity contribution in [3.63, 3.8) is 0 Å². The molecule has 1 aromatic carbocycles. The highest BCUT2D eigenvalue weighted by atomic mass is 16.2. The normalized spacial score (nSPS) is 22.3. The third-order valence-corrected chi connectivity index (χ3v) is 5.61. The van der Waals surface area contributed by atoms with E-state index < -0.39 is 0 Å². The van der Waals surface area contributed by atoms with Crippen molar-refractivity contribution < 1.29 is 4.79 Å². The van der Waals surface area contributed by atoms with Crippen molar-refractivity contribution >= 4 is 22.9 Å². The Morgan fingerprint density at radius 3 is 2.83 bits per heavy atom. The fourth-order valence-corrected chi connectivity index (χ4v) is 4.08. The Balaban J connectivity index is 1.79. The quantitative estimate of drug-likeness (QED) is 0.826. The summed E-state index contributed by atoms with van der Waals surface area (Å²) >= 11 is 0. The van der Waals surface area contributed by atoms with Gasteiger partial charge in [-0.1, -0.05) is 19.1 Å². The maximum atomic E-state index is 12.5. The molecule has 0 unspecified atom stereocenters. The number of carbonyl (C=O) groups is 1. The van der Waals surface area contributed by atoms with Crippen LogP contribution in [-0.4, -0.2) is 30.9 Å². The van der Waals surface area contributed by atoms with Gasteiger partial charge in [0.2, 0.25) is 5.91 Å². The summed E-state index contributed by atoms with van der Waals surface area (Å²) in [4.78, 5) is 14.8. The highest BCUT2D eigenvalue weighted by molar-refractivity contribution is 6.10. The van der Waals surface area contributed by atoms with Gasteiger partial charge in [-0.25, -0.2) is 0 Å². The molecule has 3 aliphatic rings. The van der Waals surface area contributed by atoms with Crippen LogP contribution in [0.5, 0.6) is 0 Å². The van der Waals surface area contributed by atoms with E-state index in [1.165, 1.54) is 5.57 Å². The summed E-state index contributed by atoms with van der Waals surface area (Å²) in [5, 5.41) is 3.12. The van der Waals surface area contributed by atoms with E-state index in [2.05, 4.69) is 29.9 Å². The van der Waals surface area contributed by atoms with E-state index in [4.69, 9.17) is 5.73 Å². The lowest BCUT2D eigenvalue weighted by Crippen LogP contribution is -2.40. The third kappa shape index (κ3) is 2.05. The number of carbonyl (C=O) groups excluding carboxylic acids is 1. The molecule has 2 heterocycles. The number of nitrogen functional groups attached to an aromatic ring is 1. The molecule has 4 nitrogen and oxygen atoms in total. The molecule has 4 heteroatoms. The van der Waals surface area contributed by atoms with Crippen LogP contribution in [0.2, 0.25) is 0 Å². The molecule has 0 saturated heterocycles. The van der Waals surface area contributed by atoms with E-state index >= 15 is 0 Å². The van der Waals surface area contributed by atoms with E-state index in [9.17, 15) is 4.79 Å². The van der Waals surface area contributed by atoms with Gasteiger partial charge in [-0.05, 0) is 55.2 Å². The third-order valence-electron chi connectivity index (χ3n) is 5.61. The van der Waals surface area contributed by atoms with Crippen molar-refractivity contribution in [1.29, 1.82) is 0 Å². The van der Waals surface area contributed by atoms with Crippen molar-refractivity contribution in [1.82, 2.24) is 4.90 Å². The van der Waals surface area contributed by atoms with Crippen LogP contribution in [0.1, 0.15) is 36.8 Å². The van der Waals surface area contributed by atoms with Crippen LogP contribution in [0.4, 0.5) is 11.4 Å². The Morgan fingerprint density at radius 1 is 1.39 bits per heavy atom. The van der Waals surface area contributed by atoms with Gasteiger partial charge < -0.3 is 16.0 Å². The summed E-state index contributed by atoms with van der Waals surface area (Å²) in [7, 11) is 2.12. The first kappa shape index (κ1) is 14.5. The fourth-order valence-electron chi connectivity index (χ4n) is 4.08. The Bertz CT molecular complexity index is 743. The molecule has 1 fully saturated rings. The van der Waals surface area contributed by atoms with Crippen LogP contribution >= 0.6 is 0 Å². The highest BCUT2D eigenvalue weighted by Crippen LogP contribution is 2.53. The topological polar surface area (TPSA) is 58.4 Å². The molecule has 3 N–H and O–H groups in total. The average Bonchev–Trinajstić information content (AvgIpc) is 2.77. The molecule has 120 valence electrons. The molecule has 0 aromatic heterocycles. The Labute approximate surface area is 137 Å². The Hall–Kier alpha value is -2.07. The first-order valence-corrected chi connectivity index (χ1v) is 8.34. The number of nitrogens with two attached hydrogens (primary N) is 1. The van der Waals surface area contributed by atoms with Crippen LogP contribution in [0, 0.1) is 0 Å². The molecule has 1 saturated carbocycles. The second-order valence-corrected chi connectivity index (χ2v) is 7.12. The molecule has 4 rings (SSSR count). The highest BCUT2D eigenvalue weighted by Gasteiger charge is 2.51. The molecule has 1 spiro atoms. The molecule has 1 amide bonds. The van der Waals surface area contributed by atoms with Crippen LogP contribution in [-0.2, 0) is 10.2 Å². The smallest absolute Gasteiger partial charge is 0.235 e. The van der Waals surface area contributed by atoms with Crippen LogP contribution in [0.15, 0.2) is 30.4 Å².